The van der Waals surface area contributed by atoms with Crippen LogP contribution in [-0.2, 0) is 19.4 Å². The van der Waals surface area contributed by atoms with E-state index in [1.165, 1.54) is 23.4 Å². The van der Waals surface area contributed by atoms with E-state index in [4.69, 9.17) is 5.73 Å². The smallest absolute Gasteiger partial charge is 0.264 e. The summed E-state index contributed by atoms with van der Waals surface area (Å²) in [7, 11) is 0. The van der Waals surface area contributed by atoms with E-state index in [0.717, 1.165) is 35.0 Å². The Balaban J connectivity index is 1.63. The monoisotopic (exact) mass is 526 g/mol. The van der Waals surface area contributed by atoms with Gasteiger partial charge in [-0.3, -0.25) is 9.59 Å². The van der Waals surface area contributed by atoms with Crippen LogP contribution in [0.15, 0.2) is 53.6 Å². The number of nitrogens with one attached hydrogen (secondary N) is 1. The van der Waals surface area contributed by atoms with Gasteiger partial charge in [0.25, 0.3) is 11.5 Å². The molecule has 194 valence electrons. The minimum absolute atomic E-state index is 0.0183. The molecule has 2 aromatic carbocycles. The number of hydrogen-bond donors (Lipinski definition) is 3. The molecule has 37 heavy (non-hydrogen) atoms. The highest BCUT2D eigenvalue weighted by atomic mass is 32.1. The summed E-state index contributed by atoms with van der Waals surface area (Å²) in [6.07, 6.45) is 0.954. The number of H-pyrrole nitrogens is 1. The number of benzene rings is 2. The number of nitrogens with two attached hydrogens (primary N) is 1. The van der Waals surface area contributed by atoms with Crippen molar-refractivity contribution < 1.29 is 18.7 Å². The van der Waals surface area contributed by atoms with Gasteiger partial charge in [-0.2, -0.15) is 0 Å². The quantitative estimate of drug-likeness (QED) is 0.308. The molecule has 2 aromatic heterocycles. The third-order valence-electron chi connectivity index (χ3n) is 6.28. The Kier molecular flexibility index (Phi) is 8.11. The number of thiophene rings is 1. The number of carbonyl (C=O) groups is 1. The van der Waals surface area contributed by atoms with Gasteiger partial charge in [0.05, 0.1) is 22.7 Å². The molecule has 10 heteroatoms. The zero-order valence-electron chi connectivity index (χ0n) is 20.5. The third kappa shape index (κ3) is 6.10. The summed E-state index contributed by atoms with van der Waals surface area (Å²) in [5, 5.41) is 11.3. The van der Waals surface area contributed by atoms with E-state index in [9.17, 15) is 23.5 Å². The van der Waals surface area contributed by atoms with Crippen molar-refractivity contribution in [2.24, 2.45) is 5.73 Å². The zero-order chi connectivity index (χ0) is 26.7. The van der Waals surface area contributed by atoms with Crippen molar-refractivity contribution in [1.82, 2.24) is 14.9 Å². The summed E-state index contributed by atoms with van der Waals surface area (Å²) in [6, 6.07) is 10.0. The fourth-order valence-electron chi connectivity index (χ4n) is 4.31. The van der Waals surface area contributed by atoms with Crippen molar-refractivity contribution in [3.8, 4) is 0 Å². The van der Waals surface area contributed by atoms with Gasteiger partial charge in [-0.05, 0) is 54.2 Å². The fourth-order valence-corrected chi connectivity index (χ4v) is 5.43. The number of halogens is 2. The van der Waals surface area contributed by atoms with Gasteiger partial charge in [0, 0.05) is 25.2 Å². The maximum absolute atomic E-state index is 13.8. The number of carbonyl (C=O) groups excluding carboxylic acids is 1. The fraction of sp³-hybridized carbons (Fsp3) is 0.296. The number of aliphatic hydroxyl groups is 1. The predicted molar refractivity (Wildman–Crippen MR) is 140 cm³/mol. The Morgan fingerprint density at radius 2 is 1.86 bits per heavy atom. The van der Waals surface area contributed by atoms with E-state index < -0.39 is 23.8 Å². The SMILES string of the molecule is CCc1cccc(CN(C[C@@H](O)[C@@H](N)Cc2cc(F)cc(F)c2)C(=O)c2sc3nc[nH]c(=O)c3c2C)c1. The Bertz CT molecular complexity index is 1470. The molecule has 0 aliphatic carbocycles. The van der Waals surface area contributed by atoms with E-state index in [1.807, 2.05) is 31.2 Å². The lowest BCUT2D eigenvalue weighted by Crippen LogP contribution is -2.46. The third-order valence-corrected chi connectivity index (χ3v) is 7.47. The topological polar surface area (TPSA) is 112 Å². The van der Waals surface area contributed by atoms with Gasteiger partial charge in [0.2, 0.25) is 0 Å². The molecule has 0 saturated heterocycles. The van der Waals surface area contributed by atoms with Crippen molar-refractivity contribution in [1.29, 1.82) is 0 Å². The van der Waals surface area contributed by atoms with E-state index >= 15 is 0 Å². The van der Waals surface area contributed by atoms with Crippen LogP contribution in [0.1, 0.15) is 38.8 Å². The number of aromatic nitrogens is 2. The summed E-state index contributed by atoms with van der Waals surface area (Å²) in [6.45, 7) is 3.80. The van der Waals surface area contributed by atoms with Crippen molar-refractivity contribution in [3.05, 3.63) is 97.9 Å². The maximum atomic E-state index is 13.8. The van der Waals surface area contributed by atoms with Crippen molar-refractivity contribution in [3.63, 3.8) is 0 Å². The van der Waals surface area contributed by atoms with Crippen LogP contribution in [0.5, 0.6) is 0 Å². The highest BCUT2D eigenvalue weighted by Crippen LogP contribution is 2.28. The van der Waals surface area contributed by atoms with Gasteiger partial charge in [-0.25, -0.2) is 13.8 Å². The first kappa shape index (κ1) is 26.6. The van der Waals surface area contributed by atoms with Gasteiger partial charge in [0.15, 0.2) is 0 Å². The van der Waals surface area contributed by atoms with Crippen LogP contribution in [0, 0.1) is 18.6 Å². The number of fused-ring (bicyclic) bond motifs is 1. The first-order valence-electron chi connectivity index (χ1n) is 11.9. The molecule has 0 unspecified atom stereocenters. The number of nitrogens with zero attached hydrogens (tertiary/aromatic N) is 2. The Labute approximate surface area is 216 Å². The Hall–Kier alpha value is -3.47. The van der Waals surface area contributed by atoms with E-state index in [2.05, 4.69) is 9.97 Å². The van der Waals surface area contributed by atoms with Gasteiger partial charge in [-0.1, -0.05) is 31.2 Å². The lowest BCUT2D eigenvalue weighted by Gasteiger charge is -2.28. The molecule has 0 spiro atoms. The van der Waals surface area contributed by atoms with Gasteiger partial charge < -0.3 is 20.7 Å². The first-order valence-corrected chi connectivity index (χ1v) is 12.7. The lowest BCUT2D eigenvalue weighted by molar-refractivity contribution is 0.0558. The summed E-state index contributed by atoms with van der Waals surface area (Å²) < 4.78 is 27.2. The van der Waals surface area contributed by atoms with Crippen LogP contribution in [0.4, 0.5) is 8.78 Å². The molecule has 0 radical (unpaired) electrons. The minimum atomic E-state index is -1.18. The highest BCUT2D eigenvalue weighted by Gasteiger charge is 2.27. The van der Waals surface area contributed by atoms with E-state index in [1.54, 1.807) is 6.92 Å². The standard InChI is InChI=1S/C27H28F2N4O3S/c1-3-16-5-4-6-17(7-16)12-33(13-22(34)21(30)10-18-8-19(28)11-20(29)9-18)27(36)24-15(2)23-25(35)31-14-32-26(23)37-24/h4-9,11,14,21-22,34H,3,10,12-13,30H2,1-2H3,(H,31,32,35)/t21-,22+/m0/s1. The second kappa shape index (κ2) is 11.3. The van der Waals surface area contributed by atoms with Crippen molar-refractivity contribution in [2.75, 3.05) is 6.54 Å². The molecule has 0 aliphatic heterocycles. The van der Waals surface area contributed by atoms with Gasteiger partial charge in [0.1, 0.15) is 16.5 Å². The number of aromatic amines is 1. The molecule has 0 saturated carbocycles. The van der Waals surface area contributed by atoms with Crippen LogP contribution in [-0.4, -0.2) is 44.6 Å². The number of hydrogen-bond acceptors (Lipinski definition) is 6. The molecule has 0 bridgehead atoms. The van der Waals surface area contributed by atoms with Gasteiger partial charge in [-0.15, -0.1) is 11.3 Å². The van der Waals surface area contributed by atoms with E-state index in [-0.39, 0.29) is 31.0 Å². The highest BCUT2D eigenvalue weighted by molar-refractivity contribution is 7.20. The second-order valence-corrected chi connectivity index (χ2v) is 10.0. The molecule has 2 heterocycles. The van der Waals surface area contributed by atoms with Crippen LogP contribution in [0.3, 0.4) is 0 Å². The average Bonchev–Trinajstić information content (AvgIpc) is 3.20. The molecule has 0 aliphatic rings. The number of aliphatic hydroxyl groups excluding tert-OH is 1. The molecular formula is C27H28F2N4O3S. The molecule has 2 atom stereocenters. The Morgan fingerprint density at radius 3 is 2.54 bits per heavy atom. The average molecular weight is 527 g/mol. The predicted octanol–water partition coefficient (Wildman–Crippen LogP) is 3.71. The van der Waals surface area contributed by atoms with Crippen LogP contribution >= 0.6 is 11.3 Å². The molecule has 4 N–H and O–H groups in total. The number of amides is 1. The molecule has 0 fully saturated rings. The molecular weight excluding hydrogens is 498 g/mol. The van der Waals surface area contributed by atoms with Crippen LogP contribution in [0.25, 0.3) is 10.2 Å². The van der Waals surface area contributed by atoms with Crippen LogP contribution < -0.4 is 11.3 Å². The maximum Gasteiger partial charge on any atom is 0.264 e. The number of rotatable bonds is 9. The second-order valence-electron chi connectivity index (χ2n) is 9.04. The summed E-state index contributed by atoms with van der Waals surface area (Å²) >= 11 is 1.12. The lowest BCUT2D eigenvalue weighted by atomic mass is 10.0. The largest absolute Gasteiger partial charge is 0.390 e. The normalized spacial score (nSPS) is 13.0. The molecule has 4 aromatic rings. The Morgan fingerprint density at radius 1 is 1.16 bits per heavy atom. The van der Waals surface area contributed by atoms with Crippen LogP contribution in [0.2, 0.25) is 0 Å². The zero-order valence-corrected chi connectivity index (χ0v) is 21.3. The van der Waals surface area contributed by atoms with Crippen molar-refractivity contribution in [2.45, 2.75) is 45.4 Å². The molecule has 4 rings (SSSR count). The summed E-state index contributed by atoms with van der Waals surface area (Å²) in [5.74, 6) is -1.83. The van der Waals surface area contributed by atoms with E-state index in [0.29, 0.717) is 26.2 Å². The minimum Gasteiger partial charge on any atom is -0.390 e. The summed E-state index contributed by atoms with van der Waals surface area (Å²) in [4.78, 5) is 35.1. The molecule has 7 nitrogen and oxygen atoms in total. The van der Waals surface area contributed by atoms with Crippen molar-refractivity contribution >= 4 is 27.5 Å². The first-order chi connectivity index (χ1) is 17.7. The number of aryl methyl sites for hydroxylation is 2. The summed E-state index contributed by atoms with van der Waals surface area (Å²) in [5.41, 5.74) is 8.67. The van der Waals surface area contributed by atoms with Gasteiger partial charge >= 0.3 is 0 Å². The molecule has 1 amide bonds.